The van der Waals surface area contributed by atoms with E-state index in [1.165, 1.54) is 22.3 Å². The Labute approximate surface area is 165 Å². The molecule has 2 aliphatic heterocycles. The van der Waals surface area contributed by atoms with E-state index < -0.39 is 0 Å². The highest BCUT2D eigenvalue weighted by Crippen LogP contribution is 2.26. The second kappa shape index (κ2) is 6.64. The lowest BCUT2D eigenvalue weighted by atomic mass is 10.1. The maximum atomic E-state index is 8.41. The number of rotatable bonds is 4. The largest absolute Gasteiger partial charge is 0.348 e. The van der Waals surface area contributed by atoms with Crippen LogP contribution in [0.4, 0.5) is 0 Å². The van der Waals surface area contributed by atoms with E-state index in [-0.39, 0.29) is 0 Å². The molecule has 2 aliphatic rings. The van der Waals surface area contributed by atoms with Crippen LogP contribution in [0.15, 0.2) is 72.8 Å². The summed E-state index contributed by atoms with van der Waals surface area (Å²) in [6.07, 6.45) is 0. The zero-order chi connectivity index (χ0) is 19.1. The minimum atomic E-state index is 0.614. The number of nitrogens with one attached hydrogen (secondary N) is 2. The first-order valence-corrected chi connectivity index (χ1v) is 9.60. The molecule has 5 rings (SSSR count). The van der Waals surface area contributed by atoms with Gasteiger partial charge in [-0.15, -0.1) is 0 Å². The highest BCUT2D eigenvalue weighted by molar-refractivity contribution is 6.00. The van der Waals surface area contributed by atoms with Crippen LogP contribution in [-0.4, -0.2) is 21.5 Å². The third-order valence-corrected chi connectivity index (χ3v) is 5.67. The van der Waals surface area contributed by atoms with Crippen LogP contribution in [0.3, 0.4) is 0 Å². The van der Waals surface area contributed by atoms with Gasteiger partial charge in [-0.05, 0) is 22.3 Å². The van der Waals surface area contributed by atoms with Crippen molar-refractivity contribution in [3.05, 3.63) is 106 Å². The van der Waals surface area contributed by atoms with Crippen molar-refractivity contribution in [3.63, 3.8) is 0 Å². The van der Waals surface area contributed by atoms with E-state index in [2.05, 4.69) is 46.2 Å². The van der Waals surface area contributed by atoms with Gasteiger partial charge in [-0.25, -0.2) is 0 Å². The van der Waals surface area contributed by atoms with Gasteiger partial charge in [0, 0.05) is 37.3 Å². The van der Waals surface area contributed by atoms with Crippen LogP contribution in [0.5, 0.6) is 0 Å². The average molecular weight is 366 g/mol. The van der Waals surface area contributed by atoms with E-state index in [1.807, 2.05) is 36.4 Å². The van der Waals surface area contributed by atoms with Crippen LogP contribution in [-0.2, 0) is 26.2 Å². The normalized spacial score (nSPS) is 15.1. The van der Waals surface area contributed by atoms with Crippen molar-refractivity contribution >= 4 is 11.7 Å². The monoisotopic (exact) mass is 366 g/mol. The number of hydrogen-bond acceptors (Lipinski definition) is 2. The molecule has 3 aromatic rings. The molecule has 0 aromatic heterocycles. The molecule has 2 N–H and O–H groups in total. The molecule has 0 saturated carbocycles. The lowest BCUT2D eigenvalue weighted by Gasteiger charge is -2.20. The van der Waals surface area contributed by atoms with Gasteiger partial charge in [0.05, 0.1) is 0 Å². The Morgan fingerprint density at radius 1 is 0.571 bits per heavy atom. The van der Waals surface area contributed by atoms with Crippen molar-refractivity contribution in [1.29, 1.82) is 10.8 Å². The molecule has 138 valence electrons. The molecule has 2 heterocycles. The summed E-state index contributed by atoms with van der Waals surface area (Å²) in [5.41, 5.74) is 6.98. The zero-order valence-electron chi connectivity index (χ0n) is 15.7. The molecular weight excluding hydrogens is 344 g/mol. The minimum Gasteiger partial charge on any atom is -0.348 e. The van der Waals surface area contributed by atoms with Crippen LogP contribution in [0, 0.1) is 10.8 Å². The maximum absolute atomic E-state index is 8.41. The number of amidine groups is 2. The van der Waals surface area contributed by atoms with E-state index in [0.29, 0.717) is 11.7 Å². The molecule has 0 radical (unpaired) electrons. The minimum absolute atomic E-state index is 0.614. The first kappa shape index (κ1) is 16.8. The Morgan fingerprint density at radius 3 is 1.36 bits per heavy atom. The van der Waals surface area contributed by atoms with Crippen LogP contribution in [0.25, 0.3) is 0 Å². The van der Waals surface area contributed by atoms with Crippen molar-refractivity contribution in [1.82, 2.24) is 9.80 Å². The van der Waals surface area contributed by atoms with Gasteiger partial charge in [-0.2, -0.15) is 0 Å². The van der Waals surface area contributed by atoms with Crippen molar-refractivity contribution in [2.24, 2.45) is 0 Å². The van der Waals surface area contributed by atoms with E-state index >= 15 is 0 Å². The summed E-state index contributed by atoms with van der Waals surface area (Å²) in [7, 11) is 0. The molecule has 0 saturated heterocycles. The van der Waals surface area contributed by atoms with Crippen molar-refractivity contribution in [3.8, 4) is 0 Å². The molecule has 4 heteroatoms. The predicted molar refractivity (Wildman–Crippen MR) is 111 cm³/mol. The van der Waals surface area contributed by atoms with E-state index in [0.717, 1.165) is 37.3 Å². The van der Waals surface area contributed by atoms with E-state index in [4.69, 9.17) is 10.8 Å². The highest BCUT2D eigenvalue weighted by Gasteiger charge is 2.24. The van der Waals surface area contributed by atoms with Crippen LogP contribution < -0.4 is 0 Å². The summed E-state index contributed by atoms with van der Waals surface area (Å²) in [6.45, 7) is 3.11. The number of hydrogen-bond donors (Lipinski definition) is 2. The third-order valence-electron chi connectivity index (χ3n) is 5.67. The average Bonchev–Trinajstić information content (AvgIpc) is 3.21. The van der Waals surface area contributed by atoms with Gasteiger partial charge in [0.2, 0.25) is 0 Å². The van der Waals surface area contributed by atoms with Crippen molar-refractivity contribution in [2.45, 2.75) is 26.2 Å². The molecule has 28 heavy (non-hydrogen) atoms. The SMILES string of the molecule is N=C1c2ccccc2CN1Cc1ccc(CN2Cc3ccccc3C2=N)cc1. The number of fused-ring (bicyclic) bond motifs is 2. The molecule has 0 aliphatic carbocycles. The van der Waals surface area contributed by atoms with E-state index in [9.17, 15) is 0 Å². The molecule has 0 bridgehead atoms. The van der Waals surface area contributed by atoms with Gasteiger partial charge in [0.25, 0.3) is 0 Å². The molecule has 4 nitrogen and oxygen atoms in total. The quantitative estimate of drug-likeness (QED) is 0.720. The Morgan fingerprint density at radius 2 is 0.964 bits per heavy atom. The smallest absolute Gasteiger partial charge is 0.129 e. The first-order valence-electron chi connectivity index (χ1n) is 9.60. The molecule has 0 spiro atoms. The van der Waals surface area contributed by atoms with Gasteiger partial charge in [-0.1, -0.05) is 72.8 Å². The van der Waals surface area contributed by atoms with Gasteiger partial charge < -0.3 is 9.80 Å². The summed E-state index contributed by atoms with van der Waals surface area (Å²) in [5.74, 6) is 1.23. The van der Waals surface area contributed by atoms with Gasteiger partial charge in [0.1, 0.15) is 11.7 Å². The van der Waals surface area contributed by atoms with Gasteiger partial charge in [0.15, 0.2) is 0 Å². The highest BCUT2D eigenvalue weighted by atomic mass is 15.2. The van der Waals surface area contributed by atoms with Crippen molar-refractivity contribution in [2.75, 3.05) is 0 Å². The fourth-order valence-electron chi connectivity index (χ4n) is 4.15. The van der Waals surface area contributed by atoms with Crippen LogP contribution in [0.2, 0.25) is 0 Å². The molecule has 0 amide bonds. The standard InChI is InChI=1S/C24H22N4/c25-23-21-7-3-1-5-19(21)15-27(23)13-17-9-11-18(12-10-17)14-28-16-20-6-2-4-8-22(20)24(28)26/h1-12,25-26H,13-16H2. The number of benzene rings is 3. The molecule has 3 aromatic carbocycles. The summed E-state index contributed by atoms with van der Waals surface area (Å²) >= 11 is 0. The van der Waals surface area contributed by atoms with E-state index in [1.54, 1.807) is 0 Å². The summed E-state index contributed by atoms with van der Waals surface area (Å²) in [4.78, 5) is 4.24. The maximum Gasteiger partial charge on any atom is 0.129 e. The third kappa shape index (κ3) is 2.87. The summed E-state index contributed by atoms with van der Waals surface area (Å²) in [5, 5.41) is 16.8. The lowest BCUT2D eigenvalue weighted by molar-refractivity contribution is 0.418. The second-order valence-corrected chi connectivity index (χ2v) is 7.54. The lowest BCUT2D eigenvalue weighted by Crippen LogP contribution is -2.24. The fourth-order valence-corrected chi connectivity index (χ4v) is 4.15. The van der Waals surface area contributed by atoms with Gasteiger partial charge in [-0.3, -0.25) is 10.8 Å². The zero-order valence-corrected chi connectivity index (χ0v) is 15.7. The molecule has 0 fully saturated rings. The first-order chi connectivity index (χ1) is 13.7. The Balaban J connectivity index is 1.25. The second-order valence-electron chi connectivity index (χ2n) is 7.54. The van der Waals surface area contributed by atoms with Gasteiger partial charge >= 0.3 is 0 Å². The van der Waals surface area contributed by atoms with Crippen LogP contribution in [0.1, 0.15) is 33.4 Å². The van der Waals surface area contributed by atoms with Crippen LogP contribution >= 0.6 is 0 Å². The van der Waals surface area contributed by atoms with Crippen molar-refractivity contribution < 1.29 is 0 Å². The Bertz CT molecular complexity index is 981. The molecule has 0 atom stereocenters. The topological polar surface area (TPSA) is 54.2 Å². The molecular formula is C24H22N4. The molecule has 0 unspecified atom stereocenters. The Kier molecular flexibility index (Phi) is 3.97. The summed E-state index contributed by atoms with van der Waals surface area (Å²) in [6, 6.07) is 25.0. The fraction of sp³-hybridized carbons (Fsp3) is 0.167. The summed E-state index contributed by atoms with van der Waals surface area (Å²) < 4.78 is 0. The number of nitrogens with zero attached hydrogens (tertiary/aromatic N) is 2. The predicted octanol–water partition coefficient (Wildman–Crippen LogP) is 4.37. The Hall–Kier alpha value is -3.40.